The van der Waals surface area contributed by atoms with Gasteiger partial charge in [-0.3, -0.25) is 0 Å². The molecule has 0 saturated carbocycles. The van der Waals surface area contributed by atoms with Crippen LogP contribution in [0, 0.1) is 13.8 Å². The zero-order chi connectivity index (χ0) is 20.6. The molecular formula is C20H23F3N6. The van der Waals surface area contributed by atoms with Gasteiger partial charge in [-0.15, -0.1) is 15.3 Å². The Morgan fingerprint density at radius 2 is 1.86 bits per heavy atom. The zero-order valence-electron chi connectivity index (χ0n) is 16.4. The molecule has 9 heteroatoms. The fourth-order valence-corrected chi connectivity index (χ4v) is 3.78. The van der Waals surface area contributed by atoms with Crippen LogP contribution in [-0.4, -0.2) is 38.9 Å². The molecule has 3 heterocycles. The molecule has 3 aromatic rings. The van der Waals surface area contributed by atoms with Crippen molar-refractivity contribution in [3.8, 4) is 0 Å². The van der Waals surface area contributed by atoms with E-state index in [1.54, 1.807) is 6.92 Å². The van der Waals surface area contributed by atoms with E-state index in [1.807, 2.05) is 25.1 Å². The van der Waals surface area contributed by atoms with Crippen molar-refractivity contribution in [2.45, 2.75) is 45.5 Å². The van der Waals surface area contributed by atoms with Gasteiger partial charge in [0.25, 0.3) is 5.82 Å². The van der Waals surface area contributed by atoms with Gasteiger partial charge in [-0.2, -0.15) is 17.7 Å². The molecule has 1 N–H and O–H groups in total. The third-order valence-corrected chi connectivity index (χ3v) is 5.48. The number of anilines is 1. The zero-order valence-corrected chi connectivity index (χ0v) is 16.4. The van der Waals surface area contributed by atoms with Gasteiger partial charge in [0.1, 0.15) is 0 Å². The Hall–Kier alpha value is -2.68. The lowest BCUT2D eigenvalue weighted by atomic mass is 10.0. The van der Waals surface area contributed by atoms with E-state index < -0.39 is 12.0 Å². The molecule has 1 fully saturated rings. The van der Waals surface area contributed by atoms with Crippen LogP contribution < -0.4 is 10.2 Å². The molecule has 0 radical (unpaired) electrons. The summed E-state index contributed by atoms with van der Waals surface area (Å²) in [4.78, 5) is 2.06. The monoisotopic (exact) mass is 404 g/mol. The van der Waals surface area contributed by atoms with E-state index in [-0.39, 0.29) is 11.7 Å². The van der Waals surface area contributed by atoms with Crippen LogP contribution in [-0.2, 0) is 12.7 Å². The van der Waals surface area contributed by atoms with E-state index in [9.17, 15) is 13.2 Å². The second-order valence-corrected chi connectivity index (χ2v) is 7.48. The Morgan fingerprint density at radius 3 is 2.59 bits per heavy atom. The third kappa shape index (κ3) is 3.91. The van der Waals surface area contributed by atoms with Crippen molar-refractivity contribution in [2.24, 2.45) is 0 Å². The maximum absolute atomic E-state index is 13.3. The molecular weight excluding hydrogens is 381 g/mol. The highest BCUT2D eigenvalue weighted by Crippen LogP contribution is 2.31. The standard InChI is InChI=1S/C20H23F3N6/c1-13-14(2)18(27-29-17(13)25-26-19(29)20(21,22)23)28-10-6-9-16(12-28)24-11-15-7-4-3-5-8-15/h3-5,7-8,16,24H,6,9-12H2,1-2H3. The maximum atomic E-state index is 13.3. The third-order valence-electron chi connectivity index (χ3n) is 5.48. The van der Waals surface area contributed by atoms with Crippen LogP contribution in [0.5, 0.6) is 0 Å². The minimum Gasteiger partial charge on any atom is -0.353 e. The van der Waals surface area contributed by atoms with E-state index in [2.05, 4.69) is 37.6 Å². The van der Waals surface area contributed by atoms with Crippen LogP contribution in [0.3, 0.4) is 0 Å². The Labute approximate surface area is 166 Å². The number of aromatic nitrogens is 4. The predicted octanol–water partition coefficient (Wildman–Crippen LogP) is 3.52. The van der Waals surface area contributed by atoms with Gasteiger partial charge in [-0.25, -0.2) is 0 Å². The van der Waals surface area contributed by atoms with Crippen molar-refractivity contribution in [2.75, 3.05) is 18.0 Å². The largest absolute Gasteiger partial charge is 0.453 e. The summed E-state index contributed by atoms with van der Waals surface area (Å²) in [6.07, 6.45) is -2.64. The van der Waals surface area contributed by atoms with E-state index in [0.29, 0.717) is 17.9 Å². The number of aryl methyl sites for hydroxylation is 1. The smallest absolute Gasteiger partial charge is 0.353 e. The highest BCUT2D eigenvalue weighted by Gasteiger charge is 2.38. The Morgan fingerprint density at radius 1 is 1.10 bits per heavy atom. The topological polar surface area (TPSA) is 58.4 Å². The molecule has 1 unspecified atom stereocenters. The molecule has 2 aromatic heterocycles. The number of nitrogens with one attached hydrogen (secondary N) is 1. The van der Waals surface area contributed by atoms with Gasteiger partial charge in [0.2, 0.25) is 0 Å². The molecule has 6 nitrogen and oxygen atoms in total. The number of rotatable bonds is 4. The quantitative estimate of drug-likeness (QED) is 0.721. The molecule has 1 atom stereocenters. The average Bonchev–Trinajstić information content (AvgIpc) is 3.15. The molecule has 1 saturated heterocycles. The van der Waals surface area contributed by atoms with Gasteiger partial charge in [-0.1, -0.05) is 30.3 Å². The predicted molar refractivity (Wildman–Crippen MR) is 104 cm³/mol. The summed E-state index contributed by atoms with van der Waals surface area (Å²) in [7, 11) is 0. The first kappa shape index (κ1) is 19.6. The number of halogens is 3. The van der Waals surface area contributed by atoms with Crippen molar-refractivity contribution in [1.29, 1.82) is 0 Å². The minimum atomic E-state index is -4.60. The number of alkyl halides is 3. The number of fused-ring (bicyclic) bond motifs is 1. The highest BCUT2D eigenvalue weighted by atomic mass is 19.4. The summed E-state index contributed by atoms with van der Waals surface area (Å²) in [6.45, 7) is 5.84. The summed E-state index contributed by atoms with van der Waals surface area (Å²) >= 11 is 0. The second-order valence-electron chi connectivity index (χ2n) is 7.48. The first-order chi connectivity index (χ1) is 13.8. The molecule has 4 rings (SSSR count). The maximum Gasteiger partial charge on any atom is 0.453 e. The Balaban J connectivity index is 1.59. The summed E-state index contributed by atoms with van der Waals surface area (Å²) in [5.74, 6) is -0.529. The Kier molecular flexibility index (Phi) is 5.16. The minimum absolute atomic E-state index is 0.148. The summed E-state index contributed by atoms with van der Waals surface area (Å²) < 4.78 is 40.7. The first-order valence-corrected chi connectivity index (χ1v) is 9.66. The van der Waals surface area contributed by atoms with Gasteiger partial charge in [0, 0.05) is 36.8 Å². The lowest BCUT2D eigenvalue weighted by Gasteiger charge is -2.35. The van der Waals surface area contributed by atoms with Gasteiger partial charge in [0.05, 0.1) is 0 Å². The number of hydrogen-bond donors (Lipinski definition) is 1. The van der Waals surface area contributed by atoms with E-state index in [1.165, 1.54) is 5.56 Å². The number of nitrogens with zero attached hydrogens (tertiary/aromatic N) is 5. The first-order valence-electron chi connectivity index (χ1n) is 9.66. The SMILES string of the molecule is Cc1c(N2CCCC(NCc3ccccc3)C2)nn2c(C(F)(F)F)nnc2c1C. The fraction of sp³-hybridized carbons (Fsp3) is 0.450. The van der Waals surface area contributed by atoms with Gasteiger partial charge < -0.3 is 10.2 Å². The van der Waals surface area contributed by atoms with Crippen molar-refractivity contribution in [3.63, 3.8) is 0 Å². The van der Waals surface area contributed by atoms with Crippen molar-refractivity contribution < 1.29 is 13.2 Å². The van der Waals surface area contributed by atoms with Crippen LogP contribution in [0.25, 0.3) is 5.65 Å². The lowest BCUT2D eigenvalue weighted by Crippen LogP contribution is -2.46. The van der Waals surface area contributed by atoms with Crippen LogP contribution in [0.1, 0.15) is 35.4 Å². The van der Waals surface area contributed by atoms with Crippen LogP contribution in [0.15, 0.2) is 30.3 Å². The fourth-order valence-electron chi connectivity index (χ4n) is 3.78. The van der Waals surface area contributed by atoms with E-state index in [4.69, 9.17) is 0 Å². The second kappa shape index (κ2) is 7.62. The number of benzene rings is 1. The van der Waals surface area contributed by atoms with Crippen LogP contribution >= 0.6 is 0 Å². The average molecular weight is 404 g/mol. The van der Waals surface area contributed by atoms with E-state index >= 15 is 0 Å². The Bertz CT molecular complexity index is 999. The molecule has 0 bridgehead atoms. The molecule has 154 valence electrons. The summed E-state index contributed by atoms with van der Waals surface area (Å²) in [5, 5.41) is 14.9. The molecule has 0 amide bonds. The molecule has 29 heavy (non-hydrogen) atoms. The van der Waals surface area contributed by atoms with Crippen LogP contribution in [0.4, 0.5) is 19.0 Å². The molecule has 0 aliphatic carbocycles. The van der Waals surface area contributed by atoms with Crippen LogP contribution in [0.2, 0.25) is 0 Å². The van der Waals surface area contributed by atoms with Gasteiger partial charge in [-0.05, 0) is 32.3 Å². The summed E-state index contributed by atoms with van der Waals surface area (Å²) in [5.41, 5.74) is 2.85. The molecule has 0 spiro atoms. The van der Waals surface area contributed by atoms with Gasteiger partial charge >= 0.3 is 6.18 Å². The molecule has 1 aromatic carbocycles. The van der Waals surface area contributed by atoms with Gasteiger partial charge in [0.15, 0.2) is 11.5 Å². The number of hydrogen-bond acceptors (Lipinski definition) is 5. The highest BCUT2D eigenvalue weighted by molar-refractivity contribution is 5.59. The molecule has 1 aliphatic heterocycles. The summed E-state index contributed by atoms with van der Waals surface area (Å²) in [6, 6.07) is 10.4. The van der Waals surface area contributed by atoms with Crippen molar-refractivity contribution >= 4 is 11.5 Å². The van der Waals surface area contributed by atoms with Crippen molar-refractivity contribution in [3.05, 3.63) is 52.8 Å². The van der Waals surface area contributed by atoms with Crippen molar-refractivity contribution in [1.82, 2.24) is 25.1 Å². The number of piperidine rings is 1. The normalized spacial score (nSPS) is 17.8. The molecule has 1 aliphatic rings. The lowest BCUT2D eigenvalue weighted by molar-refractivity contribution is -0.146. The van der Waals surface area contributed by atoms with E-state index in [0.717, 1.165) is 36.0 Å².